The molecule has 0 aromatic heterocycles. The molecule has 58 heavy (non-hydrogen) atoms. The fraction of sp³-hybridized carbons (Fsp3) is 0.196. The first kappa shape index (κ1) is 36.2. The van der Waals surface area contributed by atoms with Crippen LogP contribution in [-0.2, 0) is 10.8 Å². The van der Waals surface area contributed by atoms with Gasteiger partial charge in [-0.25, -0.2) is 0 Å². The highest BCUT2D eigenvalue weighted by Gasteiger charge is 2.47. The predicted molar refractivity (Wildman–Crippen MR) is 228 cm³/mol. The lowest BCUT2D eigenvalue weighted by Crippen LogP contribution is -2.26. The summed E-state index contributed by atoms with van der Waals surface area (Å²) < 4.78 is 25.1. The fourth-order valence-corrected chi connectivity index (χ4v) is 8.56. The van der Waals surface area contributed by atoms with Crippen LogP contribution in [0.3, 0.4) is 0 Å². The number of anilines is 3. The van der Waals surface area contributed by atoms with Gasteiger partial charge in [-0.05, 0) is 97.7 Å². The fourth-order valence-electron chi connectivity index (χ4n) is 8.56. The molecule has 4 aliphatic heterocycles. The van der Waals surface area contributed by atoms with Gasteiger partial charge in [0.2, 0.25) is 31.0 Å². The highest BCUT2D eigenvalue weighted by atomic mass is 16.7. The van der Waals surface area contributed by atoms with Crippen molar-refractivity contribution in [3.63, 3.8) is 0 Å². The molecule has 1 aliphatic carbocycles. The summed E-state index contributed by atoms with van der Waals surface area (Å²) in [6.07, 6.45) is 21.9. The number of allylic oxidation sites excluding steroid dienone is 7. The maximum absolute atomic E-state index is 5.79. The number of hydrogen-bond acceptors (Lipinski definition) is 6. The summed E-state index contributed by atoms with van der Waals surface area (Å²) in [7, 11) is 0. The topological polar surface area (TPSA) is 46.4 Å². The molecule has 9 rings (SSSR count). The van der Waals surface area contributed by atoms with E-state index < -0.39 is 10.8 Å². The van der Waals surface area contributed by atoms with E-state index in [-0.39, 0.29) is 13.6 Å². The highest BCUT2D eigenvalue weighted by molar-refractivity contribution is 6.04. The van der Waals surface area contributed by atoms with Crippen LogP contribution in [0.4, 0.5) is 22.7 Å². The van der Waals surface area contributed by atoms with E-state index in [0.29, 0.717) is 11.5 Å². The lowest BCUT2D eigenvalue weighted by Gasteiger charge is -2.29. The molecule has 0 saturated heterocycles. The summed E-state index contributed by atoms with van der Waals surface area (Å²) in [4.78, 5) is 4.35. The molecule has 7 heteroatoms. The van der Waals surface area contributed by atoms with Crippen LogP contribution in [0, 0.1) is 48.6 Å². The van der Waals surface area contributed by atoms with Gasteiger partial charge in [0.15, 0.2) is 23.0 Å². The van der Waals surface area contributed by atoms with Crippen molar-refractivity contribution in [3.8, 4) is 71.6 Å². The van der Waals surface area contributed by atoms with Crippen molar-refractivity contribution in [1.29, 1.82) is 0 Å². The van der Waals surface area contributed by atoms with E-state index in [2.05, 4.69) is 153 Å². The van der Waals surface area contributed by atoms with Crippen molar-refractivity contribution in [2.75, 3.05) is 23.4 Å². The van der Waals surface area contributed by atoms with Crippen LogP contribution in [-0.4, -0.2) is 23.9 Å². The molecule has 0 N–H and O–H groups in total. The van der Waals surface area contributed by atoms with E-state index >= 15 is 0 Å². The van der Waals surface area contributed by atoms with Gasteiger partial charge in [0.25, 0.3) is 0 Å². The molecular formula is C51H40N3O4+. The Balaban J connectivity index is 1.22. The number of nitrogens with zero attached hydrogens (tertiary/aromatic N) is 3. The highest BCUT2D eigenvalue weighted by Crippen LogP contribution is 2.53. The lowest BCUT2D eigenvalue weighted by atomic mass is 9.81. The minimum absolute atomic E-state index is 0.195. The number of terminal acetylenes is 2. The molecule has 0 amide bonds. The zero-order valence-corrected chi connectivity index (χ0v) is 32.9. The predicted octanol–water partition coefficient (Wildman–Crippen LogP) is 9.76. The van der Waals surface area contributed by atoms with E-state index in [0.717, 1.165) is 75.3 Å². The minimum atomic E-state index is -0.417. The van der Waals surface area contributed by atoms with Gasteiger partial charge in [-0.3, -0.25) is 4.90 Å². The molecule has 5 aliphatic rings. The molecule has 4 aromatic carbocycles. The van der Waals surface area contributed by atoms with Gasteiger partial charge in [0.1, 0.15) is 0 Å². The van der Waals surface area contributed by atoms with Crippen molar-refractivity contribution >= 4 is 28.5 Å². The van der Waals surface area contributed by atoms with Crippen LogP contribution in [0.25, 0.3) is 0 Å². The first-order valence-corrected chi connectivity index (χ1v) is 19.2. The number of benzene rings is 4. The van der Waals surface area contributed by atoms with Crippen molar-refractivity contribution in [2.45, 2.75) is 51.4 Å². The van der Waals surface area contributed by atoms with Crippen molar-refractivity contribution in [3.05, 3.63) is 143 Å². The summed E-state index contributed by atoms with van der Waals surface area (Å²) >= 11 is 0. The maximum Gasteiger partial charge on any atom is 0.243 e. The van der Waals surface area contributed by atoms with Crippen molar-refractivity contribution < 1.29 is 23.5 Å². The van der Waals surface area contributed by atoms with Crippen LogP contribution < -0.4 is 28.7 Å². The first-order chi connectivity index (χ1) is 28.2. The van der Waals surface area contributed by atoms with Gasteiger partial charge in [-0.2, -0.15) is 0 Å². The zero-order chi connectivity index (χ0) is 40.0. The second-order valence-corrected chi connectivity index (χ2v) is 15.5. The summed E-state index contributed by atoms with van der Waals surface area (Å²) in [5.74, 6) is 13.6. The third kappa shape index (κ3) is 5.97. The van der Waals surface area contributed by atoms with E-state index in [4.69, 9.17) is 31.8 Å². The number of fused-ring (bicyclic) bond motifs is 4. The number of para-hydroxylation sites is 2. The number of hydrogen-bond donors (Lipinski definition) is 0. The molecule has 7 nitrogen and oxygen atoms in total. The Kier molecular flexibility index (Phi) is 8.89. The lowest BCUT2D eigenvalue weighted by molar-refractivity contribution is -0.332. The van der Waals surface area contributed by atoms with Gasteiger partial charge >= 0.3 is 0 Å². The Morgan fingerprint density at radius 2 is 1.29 bits per heavy atom. The van der Waals surface area contributed by atoms with Crippen molar-refractivity contribution in [2.24, 2.45) is 0 Å². The average Bonchev–Trinajstić information content (AvgIpc) is 4.05. The smallest absolute Gasteiger partial charge is 0.243 e. The quantitative estimate of drug-likeness (QED) is 0.144. The third-order valence-electron chi connectivity index (χ3n) is 11.5. The van der Waals surface area contributed by atoms with Gasteiger partial charge in [0, 0.05) is 52.2 Å². The van der Waals surface area contributed by atoms with Crippen LogP contribution in [0.15, 0.2) is 132 Å². The third-order valence-corrected chi connectivity index (χ3v) is 11.5. The normalized spacial score (nSPS) is 18.8. The zero-order valence-electron chi connectivity index (χ0n) is 32.9. The molecule has 0 unspecified atom stereocenters. The Hall–Kier alpha value is -7.45. The second kappa shape index (κ2) is 14.2. The van der Waals surface area contributed by atoms with Crippen LogP contribution >= 0.6 is 0 Å². The Labute approximate surface area is 340 Å². The summed E-state index contributed by atoms with van der Waals surface area (Å²) in [5.41, 5.74) is 10.8. The summed E-state index contributed by atoms with van der Waals surface area (Å²) in [6, 6.07) is 35.6. The molecular weight excluding hydrogens is 719 g/mol. The van der Waals surface area contributed by atoms with E-state index in [1.165, 1.54) is 11.1 Å². The van der Waals surface area contributed by atoms with Gasteiger partial charge in [-0.1, -0.05) is 62.4 Å². The summed E-state index contributed by atoms with van der Waals surface area (Å²) in [6.45, 7) is 9.21. The SMILES string of the molecule is C#CC#CN1C(=CC=C2CCC(C=CC3=[N+](C#CC#C)c4cc5c(cc4C3(C)C)OCO5)=C2N(c2ccccc2)c2ccccc2)C(C)(C)c2cc3c(cc21)OCO3. The molecule has 0 bridgehead atoms. The van der Waals surface area contributed by atoms with Crippen LogP contribution in [0.1, 0.15) is 51.7 Å². The Bertz CT molecular complexity index is 2730. The van der Waals surface area contributed by atoms with Crippen LogP contribution in [0.5, 0.6) is 23.0 Å². The number of rotatable bonds is 6. The van der Waals surface area contributed by atoms with Crippen molar-refractivity contribution in [1.82, 2.24) is 0 Å². The molecule has 0 atom stereocenters. The molecule has 4 heterocycles. The average molecular weight is 759 g/mol. The summed E-state index contributed by atoms with van der Waals surface area (Å²) in [5, 5.41) is 0. The monoisotopic (exact) mass is 758 g/mol. The van der Waals surface area contributed by atoms with Crippen LogP contribution in [0.2, 0.25) is 0 Å². The van der Waals surface area contributed by atoms with Gasteiger partial charge in [-0.15, -0.1) is 17.4 Å². The molecule has 0 spiro atoms. The molecule has 4 aromatic rings. The molecule has 282 valence electrons. The van der Waals surface area contributed by atoms with Gasteiger partial charge in [0.05, 0.1) is 28.8 Å². The Morgan fingerprint density at radius 1 is 0.690 bits per heavy atom. The second-order valence-electron chi connectivity index (χ2n) is 15.5. The van der Waals surface area contributed by atoms with E-state index in [9.17, 15) is 0 Å². The first-order valence-electron chi connectivity index (χ1n) is 19.2. The number of ether oxygens (including phenoxy) is 4. The molecule has 0 radical (unpaired) electrons. The van der Waals surface area contributed by atoms with E-state index in [1.54, 1.807) is 0 Å². The van der Waals surface area contributed by atoms with E-state index in [1.807, 2.05) is 33.7 Å². The Morgan fingerprint density at radius 3 is 1.93 bits per heavy atom. The minimum Gasteiger partial charge on any atom is -0.454 e. The van der Waals surface area contributed by atoms with Gasteiger partial charge < -0.3 is 23.8 Å². The standard InChI is InChI=1S/C51H40N3O4/c1-7-9-27-52-41-31-45-43(55-33-57-45)29-39(41)50(3,4)47(52)25-23-35-21-22-36(49(35)54(37-17-13-11-14-18-37)38-19-15-12-16-20-38)24-26-48-51(5,6)40-30-44-46(58-34-56-44)32-42(40)53(48)28-10-8-2/h1-2,11-20,23-26,29-32H,21-22,33-34H2,3-6H3/q+1. The largest absolute Gasteiger partial charge is 0.454 e. The molecule has 0 saturated carbocycles. The molecule has 0 fully saturated rings. The maximum atomic E-state index is 5.79.